The van der Waals surface area contributed by atoms with E-state index in [2.05, 4.69) is 5.16 Å². The first-order valence-electron chi connectivity index (χ1n) is 6.20. The molecule has 0 N–H and O–H groups in total. The van der Waals surface area contributed by atoms with Gasteiger partial charge in [0, 0.05) is 10.6 Å². The van der Waals surface area contributed by atoms with E-state index in [-0.39, 0.29) is 12.5 Å². The number of carbonyl (C=O) groups is 1. The molecule has 0 fully saturated rings. The molecule has 0 radical (unpaired) electrons. The topological polar surface area (TPSA) is 55.6 Å². The Morgan fingerprint density at radius 2 is 2.20 bits per heavy atom. The maximum absolute atomic E-state index is 12.1. The second kappa shape index (κ2) is 4.83. The molecule has 1 amide bonds. The molecule has 0 atom stereocenters. The van der Waals surface area contributed by atoms with Crippen molar-refractivity contribution in [2.75, 3.05) is 11.5 Å². The fourth-order valence-electron chi connectivity index (χ4n) is 2.23. The highest BCUT2D eigenvalue weighted by Gasteiger charge is 2.27. The highest BCUT2D eigenvalue weighted by molar-refractivity contribution is 6.31. The van der Waals surface area contributed by atoms with Crippen LogP contribution in [0.5, 0.6) is 5.75 Å². The molecule has 2 aromatic rings. The predicted octanol–water partition coefficient (Wildman–Crippen LogP) is 2.87. The SMILES string of the molecule is Cc1noc(C)c1CN1C(=O)COc2ccc(Cl)cc21. The Morgan fingerprint density at radius 1 is 1.40 bits per heavy atom. The summed E-state index contributed by atoms with van der Waals surface area (Å²) in [5.41, 5.74) is 2.37. The number of halogens is 1. The smallest absolute Gasteiger partial charge is 0.265 e. The van der Waals surface area contributed by atoms with Crippen molar-refractivity contribution in [2.45, 2.75) is 20.4 Å². The Bertz CT molecular complexity index is 662. The van der Waals surface area contributed by atoms with Gasteiger partial charge in [-0.2, -0.15) is 0 Å². The number of ether oxygens (including phenoxy) is 1. The molecule has 2 heterocycles. The van der Waals surface area contributed by atoms with Gasteiger partial charge in [0.2, 0.25) is 0 Å². The first kappa shape index (κ1) is 13.0. The average Bonchev–Trinajstić information content (AvgIpc) is 2.73. The van der Waals surface area contributed by atoms with Crippen LogP contribution in [0.1, 0.15) is 17.0 Å². The van der Waals surface area contributed by atoms with Gasteiger partial charge in [0.15, 0.2) is 6.61 Å². The van der Waals surface area contributed by atoms with Gasteiger partial charge in [-0.25, -0.2) is 0 Å². The Hall–Kier alpha value is -2.01. The largest absolute Gasteiger partial charge is 0.482 e. The standard InChI is InChI=1S/C14H13ClN2O3/c1-8-11(9(2)20-16-8)6-17-12-5-10(15)3-4-13(12)19-7-14(17)18/h3-5H,6-7H2,1-2H3. The van der Waals surface area contributed by atoms with Crippen LogP contribution in [0.3, 0.4) is 0 Å². The van der Waals surface area contributed by atoms with E-state index in [4.69, 9.17) is 20.9 Å². The van der Waals surface area contributed by atoms with Crippen molar-refractivity contribution in [2.24, 2.45) is 0 Å². The lowest BCUT2D eigenvalue weighted by molar-refractivity contribution is -0.121. The summed E-state index contributed by atoms with van der Waals surface area (Å²) in [5, 5.41) is 4.47. The third-order valence-corrected chi connectivity index (χ3v) is 3.60. The van der Waals surface area contributed by atoms with Gasteiger partial charge in [-0.3, -0.25) is 4.79 Å². The normalized spacial score (nSPS) is 14.2. The molecule has 0 unspecified atom stereocenters. The maximum Gasteiger partial charge on any atom is 0.265 e. The van der Waals surface area contributed by atoms with Crippen molar-refractivity contribution in [1.82, 2.24) is 5.16 Å². The number of benzene rings is 1. The van der Waals surface area contributed by atoms with E-state index in [1.807, 2.05) is 13.8 Å². The van der Waals surface area contributed by atoms with Crippen LogP contribution in [0.15, 0.2) is 22.7 Å². The Morgan fingerprint density at radius 3 is 2.90 bits per heavy atom. The lowest BCUT2D eigenvalue weighted by Crippen LogP contribution is -2.38. The number of hydrogen-bond acceptors (Lipinski definition) is 4. The predicted molar refractivity (Wildman–Crippen MR) is 74.1 cm³/mol. The average molecular weight is 293 g/mol. The van der Waals surface area contributed by atoms with E-state index < -0.39 is 0 Å². The van der Waals surface area contributed by atoms with Gasteiger partial charge < -0.3 is 14.2 Å². The number of rotatable bonds is 2. The number of aromatic nitrogens is 1. The van der Waals surface area contributed by atoms with Crippen LogP contribution in [-0.4, -0.2) is 17.7 Å². The summed E-state index contributed by atoms with van der Waals surface area (Å²) >= 11 is 6.01. The van der Waals surface area contributed by atoms with E-state index in [0.717, 1.165) is 11.3 Å². The van der Waals surface area contributed by atoms with Crippen LogP contribution in [-0.2, 0) is 11.3 Å². The molecule has 20 heavy (non-hydrogen) atoms. The third kappa shape index (κ3) is 2.14. The van der Waals surface area contributed by atoms with Crippen molar-refractivity contribution in [3.63, 3.8) is 0 Å². The molecular formula is C14H13ClN2O3. The quantitative estimate of drug-likeness (QED) is 0.854. The lowest BCUT2D eigenvalue weighted by Gasteiger charge is -2.29. The van der Waals surface area contributed by atoms with E-state index >= 15 is 0 Å². The fraction of sp³-hybridized carbons (Fsp3) is 0.286. The van der Waals surface area contributed by atoms with Crippen LogP contribution in [0.2, 0.25) is 5.02 Å². The van der Waals surface area contributed by atoms with Gasteiger partial charge in [-0.05, 0) is 32.0 Å². The number of fused-ring (bicyclic) bond motifs is 1. The zero-order valence-electron chi connectivity index (χ0n) is 11.1. The summed E-state index contributed by atoms with van der Waals surface area (Å²) in [5.74, 6) is 1.26. The molecule has 0 spiro atoms. The molecule has 0 saturated carbocycles. The minimum Gasteiger partial charge on any atom is -0.482 e. The van der Waals surface area contributed by atoms with Gasteiger partial charge in [-0.15, -0.1) is 0 Å². The summed E-state index contributed by atoms with van der Waals surface area (Å²) in [6.45, 7) is 4.11. The minimum absolute atomic E-state index is 0.0258. The van der Waals surface area contributed by atoms with E-state index in [1.54, 1.807) is 23.1 Å². The molecule has 0 saturated heterocycles. The van der Waals surface area contributed by atoms with Gasteiger partial charge in [-0.1, -0.05) is 16.8 Å². The molecule has 6 heteroatoms. The maximum atomic E-state index is 12.1. The minimum atomic E-state index is -0.111. The Balaban J connectivity index is 2.01. The fourth-order valence-corrected chi connectivity index (χ4v) is 2.40. The Kier molecular flexibility index (Phi) is 3.14. The number of anilines is 1. The number of carbonyl (C=O) groups excluding carboxylic acids is 1. The number of hydrogen-bond donors (Lipinski definition) is 0. The second-order valence-electron chi connectivity index (χ2n) is 4.68. The number of amides is 1. The van der Waals surface area contributed by atoms with Crippen LogP contribution in [0.25, 0.3) is 0 Å². The van der Waals surface area contributed by atoms with Crippen LogP contribution in [0, 0.1) is 13.8 Å². The summed E-state index contributed by atoms with van der Waals surface area (Å²) in [6.07, 6.45) is 0. The van der Waals surface area contributed by atoms with Crippen molar-refractivity contribution in [3.8, 4) is 5.75 Å². The second-order valence-corrected chi connectivity index (χ2v) is 5.12. The zero-order valence-corrected chi connectivity index (χ0v) is 11.9. The highest BCUT2D eigenvalue weighted by Crippen LogP contribution is 2.35. The van der Waals surface area contributed by atoms with Crippen molar-refractivity contribution >= 4 is 23.2 Å². The van der Waals surface area contributed by atoms with E-state index in [0.29, 0.717) is 28.8 Å². The Labute approximate surface area is 121 Å². The first-order valence-corrected chi connectivity index (χ1v) is 6.58. The summed E-state index contributed by atoms with van der Waals surface area (Å²) in [4.78, 5) is 13.8. The van der Waals surface area contributed by atoms with Gasteiger partial charge in [0.05, 0.1) is 17.9 Å². The van der Waals surface area contributed by atoms with Gasteiger partial charge in [0.25, 0.3) is 5.91 Å². The molecule has 5 nitrogen and oxygen atoms in total. The van der Waals surface area contributed by atoms with E-state index in [1.165, 1.54) is 0 Å². The molecule has 3 rings (SSSR count). The van der Waals surface area contributed by atoms with Gasteiger partial charge in [0.1, 0.15) is 11.5 Å². The van der Waals surface area contributed by atoms with Crippen molar-refractivity contribution in [1.29, 1.82) is 0 Å². The molecular weight excluding hydrogens is 280 g/mol. The van der Waals surface area contributed by atoms with Crippen molar-refractivity contribution < 1.29 is 14.1 Å². The molecule has 1 aromatic carbocycles. The summed E-state index contributed by atoms with van der Waals surface area (Å²) in [7, 11) is 0. The molecule has 1 aliphatic rings. The third-order valence-electron chi connectivity index (χ3n) is 3.36. The summed E-state index contributed by atoms with van der Waals surface area (Å²) in [6, 6.07) is 5.24. The molecule has 0 bridgehead atoms. The highest BCUT2D eigenvalue weighted by atomic mass is 35.5. The number of nitrogens with zero attached hydrogens (tertiary/aromatic N) is 2. The van der Waals surface area contributed by atoms with Crippen LogP contribution in [0.4, 0.5) is 5.69 Å². The number of aryl methyl sites for hydroxylation is 2. The first-order chi connectivity index (χ1) is 9.56. The molecule has 104 valence electrons. The molecule has 1 aromatic heterocycles. The molecule has 1 aliphatic heterocycles. The lowest BCUT2D eigenvalue weighted by atomic mass is 10.1. The molecule has 0 aliphatic carbocycles. The van der Waals surface area contributed by atoms with Crippen LogP contribution < -0.4 is 9.64 Å². The zero-order chi connectivity index (χ0) is 14.3. The van der Waals surface area contributed by atoms with Crippen molar-refractivity contribution in [3.05, 3.63) is 40.2 Å². The summed E-state index contributed by atoms with van der Waals surface area (Å²) < 4.78 is 10.6. The van der Waals surface area contributed by atoms with Gasteiger partial charge >= 0.3 is 0 Å². The monoisotopic (exact) mass is 292 g/mol. The van der Waals surface area contributed by atoms with Crippen LogP contribution >= 0.6 is 11.6 Å². The van der Waals surface area contributed by atoms with E-state index in [9.17, 15) is 4.79 Å².